The van der Waals surface area contributed by atoms with E-state index in [-0.39, 0.29) is 18.1 Å². The summed E-state index contributed by atoms with van der Waals surface area (Å²) in [7, 11) is 3.15. The summed E-state index contributed by atoms with van der Waals surface area (Å²) in [6.45, 7) is 2.52. The lowest BCUT2D eigenvalue weighted by atomic mass is 9.92. The fraction of sp³-hybridized carbons (Fsp3) is 0.917. The Balaban J connectivity index is 1.74. The molecule has 2 aliphatic rings. The molecule has 1 atom stereocenters. The summed E-state index contributed by atoms with van der Waals surface area (Å²) in [4.78, 5) is 12.0. The first-order valence-electron chi connectivity index (χ1n) is 6.26. The minimum Gasteiger partial charge on any atom is -0.354 e. The van der Waals surface area contributed by atoms with Gasteiger partial charge in [0, 0.05) is 20.1 Å². The zero-order chi connectivity index (χ0) is 12.3. The predicted molar refractivity (Wildman–Crippen MR) is 63.5 cm³/mol. The number of rotatable bonds is 5. The minimum atomic E-state index is -0.346. The third-order valence-corrected chi connectivity index (χ3v) is 4.07. The van der Waals surface area contributed by atoms with Crippen LogP contribution in [-0.2, 0) is 14.3 Å². The van der Waals surface area contributed by atoms with Crippen molar-refractivity contribution < 1.29 is 14.3 Å². The Hall–Kier alpha value is -0.650. The molecule has 1 aliphatic carbocycles. The van der Waals surface area contributed by atoms with E-state index < -0.39 is 0 Å². The molecule has 1 unspecified atom stereocenters. The lowest BCUT2D eigenvalue weighted by molar-refractivity contribution is -0.129. The highest BCUT2D eigenvalue weighted by molar-refractivity contribution is 5.82. The second kappa shape index (κ2) is 5.33. The van der Waals surface area contributed by atoms with E-state index in [9.17, 15) is 4.79 Å². The van der Waals surface area contributed by atoms with Crippen molar-refractivity contribution in [2.45, 2.75) is 25.6 Å². The molecule has 1 heterocycles. The van der Waals surface area contributed by atoms with Crippen molar-refractivity contribution in [1.29, 1.82) is 0 Å². The number of carbonyl (C=O) groups excluding carboxylic acids is 1. The zero-order valence-corrected chi connectivity index (χ0v) is 10.6. The molecule has 5 heteroatoms. The Labute approximate surface area is 102 Å². The number of nitrogens with one attached hydrogen (secondary N) is 2. The molecule has 1 amide bonds. The van der Waals surface area contributed by atoms with Crippen molar-refractivity contribution in [3.05, 3.63) is 0 Å². The normalized spacial score (nSPS) is 26.2. The summed E-state index contributed by atoms with van der Waals surface area (Å²) < 4.78 is 10.1. The van der Waals surface area contributed by atoms with Gasteiger partial charge in [0.1, 0.15) is 0 Å². The number of piperidine rings is 1. The van der Waals surface area contributed by atoms with Crippen LogP contribution in [0.25, 0.3) is 0 Å². The summed E-state index contributed by atoms with van der Waals surface area (Å²) >= 11 is 0. The summed E-state index contributed by atoms with van der Waals surface area (Å²) in [5.41, 5.74) is 0.297. The molecule has 1 aliphatic heterocycles. The Morgan fingerprint density at radius 2 is 2.06 bits per heavy atom. The van der Waals surface area contributed by atoms with Crippen LogP contribution in [0.2, 0.25) is 0 Å². The van der Waals surface area contributed by atoms with Crippen LogP contribution >= 0.6 is 0 Å². The van der Waals surface area contributed by atoms with Crippen molar-refractivity contribution in [3.63, 3.8) is 0 Å². The first kappa shape index (κ1) is 12.8. The van der Waals surface area contributed by atoms with E-state index in [1.165, 1.54) is 0 Å². The van der Waals surface area contributed by atoms with Gasteiger partial charge in [-0.05, 0) is 37.8 Å². The average molecular weight is 242 g/mol. The third-order valence-electron chi connectivity index (χ3n) is 4.07. The van der Waals surface area contributed by atoms with Crippen LogP contribution in [0.5, 0.6) is 0 Å². The second-order valence-electron chi connectivity index (χ2n) is 5.02. The molecule has 98 valence electrons. The van der Waals surface area contributed by atoms with Crippen LogP contribution < -0.4 is 10.6 Å². The lowest BCUT2D eigenvalue weighted by Gasteiger charge is -2.23. The molecule has 2 N–H and O–H groups in total. The number of ether oxygens (including phenoxy) is 2. The van der Waals surface area contributed by atoms with E-state index in [2.05, 4.69) is 10.6 Å². The van der Waals surface area contributed by atoms with Crippen LogP contribution in [0, 0.1) is 11.3 Å². The maximum absolute atomic E-state index is 12.0. The highest BCUT2D eigenvalue weighted by Gasteiger charge is 2.57. The fourth-order valence-corrected chi connectivity index (χ4v) is 2.77. The van der Waals surface area contributed by atoms with Gasteiger partial charge in [0.05, 0.1) is 6.54 Å². The van der Waals surface area contributed by atoms with Gasteiger partial charge >= 0.3 is 0 Å². The Bertz CT molecular complexity index is 273. The number of hydrogen-bond donors (Lipinski definition) is 2. The van der Waals surface area contributed by atoms with Crippen molar-refractivity contribution in [1.82, 2.24) is 10.6 Å². The molecule has 2 rings (SSSR count). The van der Waals surface area contributed by atoms with Gasteiger partial charge in [0.2, 0.25) is 5.91 Å². The Morgan fingerprint density at radius 1 is 1.41 bits per heavy atom. The molecule has 0 aromatic heterocycles. The van der Waals surface area contributed by atoms with Crippen molar-refractivity contribution in [2.75, 3.05) is 33.9 Å². The third kappa shape index (κ3) is 2.78. The van der Waals surface area contributed by atoms with Crippen LogP contribution in [-0.4, -0.2) is 46.1 Å². The standard InChI is InChI=1S/C12H22N2O3/c1-16-10(17-2)8-14-11(15)9-7-12(9)3-5-13-6-4-12/h9-10,13H,3-8H2,1-2H3,(H,14,15). The highest BCUT2D eigenvalue weighted by Crippen LogP contribution is 2.58. The van der Waals surface area contributed by atoms with Crippen molar-refractivity contribution >= 4 is 5.91 Å². The number of carbonyl (C=O) groups is 1. The maximum atomic E-state index is 12.0. The smallest absolute Gasteiger partial charge is 0.223 e. The molecule has 1 spiro atoms. The van der Waals surface area contributed by atoms with Gasteiger partial charge in [-0.2, -0.15) is 0 Å². The zero-order valence-electron chi connectivity index (χ0n) is 10.6. The highest BCUT2D eigenvalue weighted by atomic mass is 16.7. The van der Waals surface area contributed by atoms with Gasteiger partial charge in [-0.3, -0.25) is 4.79 Å². The SMILES string of the molecule is COC(CNC(=O)C1CC12CCNCC2)OC. The first-order valence-corrected chi connectivity index (χ1v) is 6.26. The molecule has 0 bridgehead atoms. The number of amides is 1. The molecule has 0 aromatic carbocycles. The molecule has 1 saturated heterocycles. The van der Waals surface area contributed by atoms with Gasteiger partial charge in [0.15, 0.2) is 6.29 Å². The largest absolute Gasteiger partial charge is 0.354 e. The predicted octanol–water partition coefficient (Wildman–Crippen LogP) is 0.111. The number of hydrogen-bond acceptors (Lipinski definition) is 4. The van der Waals surface area contributed by atoms with E-state index in [0.717, 1.165) is 32.4 Å². The number of methoxy groups -OCH3 is 2. The van der Waals surface area contributed by atoms with Crippen molar-refractivity contribution in [2.24, 2.45) is 11.3 Å². The van der Waals surface area contributed by atoms with Gasteiger partial charge in [-0.1, -0.05) is 0 Å². The van der Waals surface area contributed by atoms with Crippen LogP contribution in [0.15, 0.2) is 0 Å². The molecule has 2 fully saturated rings. The minimum absolute atomic E-state index is 0.158. The maximum Gasteiger partial charge on any atom is 0.223 e. The van der Waals surface area contributed by atoms with Crippen LogP contribution in [0.1, 0.15) is 19.3 Å². The molecule has 0 radical (unpaired) electrons. The summed E-state index contributed by atoms with van der Waals surface area (Å²) in [6.07, 6.45) is 2.96. The fourth-order valence-electron chi connectivity index (χ4n) is 2.77. The summed E-state index contributed by atoms with van der Waals surface area (Å²) in [5, 5.41) is 6.25. The van der Waals surface area contributed by atoms with Crippen LogP contribution in [0.4, 0.5) is 0 Å². The second-order valence-corrected chi connectivity index (χ2v) is 5.02. The van der Waals surface area contributed by atoms with E-state index in [4.69, 9.17) is 9.47 Å². The van der Waals surface area contributed by atoms with E-state index in [0.29, 0.717) is 12.0 Å². The molecular formula is C12H22N2O3. The molecule has 1 saturated carbocycles. The quantitative estimate of drug-likeness (QED) is 0.672. The summed E-state index contributed by atoms with van der Waals surface area (Å²) in [5.74, 6) is 0.366. The molecule has 5 nitrogen and oxygen atoms in total. The Morgan fingerprint density at radius 3 is 2.65 bits per heavy atom. The molecule has 17 heavy (non-hydrogen) atoms. The average Bonchev–Trinajstić information content (AvgIpc) is 3.05. The van der Waals surface area contributed by atoms with Crippen molar-refractivity contribution in [3.8, 4) is 0 Å². The van der Waals surface area contributed by atoms with Gasteiger partial charge in [0.25, 0.3) is 0 Å². The van der Waals surface area contributed by atoms with Gasteiger partial charge < -0.3 is 20.1 Å². The van der Waals surface area contributed by atoms with Crippen LogP contribution in [0.3, 0.4) is 0 Å². The Kier molecular flexibility index (Phi) is 4.01. The lowest BCUT2D eigenvalue weighted by Crippen LogP contribution is -2.37. The molecule has 0 aromatic rings. The first-order chi connectivity index (χ1) is 8.22. The van der Waals surface area contributed by atoms with E-state index in [1.807, 2.05) is 0 Å². The van der Waals surface area contributed by atoms with Gasteiger partial charge in [-0.15, -0.1) is 0 Å². The molecular weight excluding hydrogens is 220 g/mol. The van der Waals surface area contributed by atoms with Gasteiger partial charge in [-0.25, -0.2) is 0 Å². The summed E-state index contributed by atoms with van der Waals surface area (Å²) in [6, 6.07) is 0. The monoisotopic (exact) mass is 242 g/mol. The van der Waals surface area contributed by atoms with E-state index in [1.54, 1.807) is 14.2 Å². The topological polar surface area (TPSA) is 59.6 Å². The van der Waals surface area contributed by atoms with E-state index >= 15 is 0 Å².